The molecule has 0 aromatic rings. The van der Waals surface area contributed by atoms with Crippen molar-refractivity contribution in [2.45, 2.75) is 25.7 Å². The second-order valence-electron chi connectivity index (χ2n) is 12.0. The van der Waals surface area contributed by atoms with Gasteiger partial charge in [0.25, 0.3) is 0 Å². The standard InChI is InChI=1S/2C12H30N4O6P2.2Zn/c2*17-23(18,19)11-15-7-1-3-13-5-10-16(12-24(20,21)22)8-2-4-14-6-9-15;;/h2*13-14H,1-12H2,(H2,17,18,19)(H2,20,21,22);;/q;;2*+2/p-4. The van der Waals surface area contributed by atoms with Gasteiger partial charge in [0.2, 0.25) is 0 Å². The topological polar surface area (TPSA) is 303 Å². The van der Waals surface area contributed by atoms with Gasteiger partial charge in [0.15, 0.2) is 0 Å². The molecule has 2 rings (SSSR count). The smallest absolute Gasteiger partial charge is 0.778 e. The monoisotopic (exact) mass is 900 g/mol. The van der Waals surface area contributed by atoms with Crippen LogP contribution in [0.3, 0.4) is 0 Å². The maximum absolute atomic E-state index is 11.1. The van der Waals surface area contributed by atoms with Gasteiger partial charge in [-0.15, -0.1) is 0 Å². The number of hydrogen-bond acceptors (Lipinski definition) is 16. The van der Waals surface area contributed by atoms with E-state index in [1.165, 1.54) is 0 Å². The molecule has 0 saturated carbocycles. The predicted molar refractivity (Wildman–Crippen MR) is 175 cm³/mol. The average molecular weight is 903 g/mol. The molecule has 2 fully saturated rings. The third-order valence-corrected chi connectivity index (χ3v) is 10.3. The van der Waals surface area contributed by atoms with Crippen LogP contribution >= 0.6 is 30.4 Å². The number of hydrogen-bond donors (Lipinski definition) is 8. The zero-order chi connectivity index (χ0) is 36.1. The quantitative estimate of drug-likeness (QED) is 0.0837. The number of rotatable bonds is 8. The van der Waals surface area contributed by atoms with Crippen LogP contribution in [0, 0.1) is 0 Å². The molecule has 288 valence electrons. The van der Waals surface area contributed by atoms with Crippen LogP contribution in [0.5, 0.6) is 0 Å². The van der Waals surface area contributed by atoms with Crippen molar-refractivity contribution in [3.8, 4) is 0 Å². The summed E-state index contributed by atoms with van der Waals surface area (Å²) in [6, 6.07) is 0. The van der Waals surface area contributed by atoms with E-state index in [4.69, 9.17) is 19.6 Å². The Kier molecular flexibility index (Phi) is 31.0. The van der Waals surface area contributed by atoms with E-state index < -0.39 is 30.4 Å². The summed E-state index contributed by atoms with van der Waals surface area (Å²) in [7, 11) is -17.3. The van der Waals surface area contributed by atoms with Crippen LogP contribution < -0.4 is 40.8 Å². The van der Waals surface area contributed by atoms with Crippen LogP contribution in [0.4, 0.5) is 0 Å². The Balaban J connectivity index is 0. The average Bonchev–Trinajstić information content (AvgIpc) is 2.92. The molecule has 0 radical (unpaired) electrons. The Morgan fingerprint density at radius 1 is 0.380 bits per heavy atom. The fraction of sp³-hybridized carbons (Fsp3) is 1.00. The van der Waals surface area contributed by atoms with E-state index in [9.17, 15) is 37.8 Å². The second-order valence-corrected chi connectivity index (χ2v) is 18.2. The molecule has 0 bridgehead atoms. The minimum absolute atomic E-state index is 0. The van der Waals surface area contributed by atoms with E-state index in [0.717, 1.165) is 0 Å². The molecule has 0 spiro atoms. The van der Waals surface area contributed by atoms with Crippen LogP contribution in [0.1, 0.15) is 25.7 Å². The molecule has 4 unspecified atom stereocenters. The predicted octanol–water partition coefficient (Wildman–Crippen LogP) is -4.87. The molecule has 0 aromatic heterocycles. The Bertz CT molecular complexity index is 867. The van der Waals surface area contributed by atoms with Gasteiger partial charge in [-0.25, -0.2) is 0 Å². The van der Waals surface area contributed by atoms with Gasteiger partial charge in [0.1, 0.15) is 30.4 Å². The molecule has 50 heavy (non-hydrogen) atoms. The van der Waals surface area contributed by atoms with Gasteiger partial charge in [-0.3, -0.25) is 19.6 Å². The number of nitrogens with zero attached hydrogens (tertiary/aromatic N) is 4. The largest absolute Gasteiger partial charge is 2.00 e. The second kappa shape index (κ2) is 28.9. The third kappa shape index (κ3) is 35.2. The molecule has 20 nitrogen and oxygen atoms in total. The van der Waals surface area contributed by atoms with Crippen molar-refractivity contribution in [1.82, 2.24) is 40.9 Å². The van der Waals surface area contributed by atoms with Crippen molar-refractivity contribution >= 4 is 30.4 Å². The van der Waals surface area contributed by atoms with Crippen molar-refractivity contribution in [3.05, 3.63) is 0 Å². The molecule has 2 aliphatic heterocycles. The van der Waals surface area contributed by atoms with Gasteiger partial charge in [-0.1, -0.05) is 0 Å². The summed E-state index contributed by atoms with van der Waals surface area (Å²) in [5.74, 6) is 0. The minimum atomic E-state index is -4.31. The SMILES string of the molecule is O=P([O-])(O)CN1CCCNCCN(CP(=O)([O-])O)CCCNCC1.O=P([O-])(O)CN1CCCNCCN(CP(=O)([O-])O)CCCNCC1.[Zn+2].[Zn+2]. The minimum Gasteiger partial charge on any atom is -0.778 e. The molecule has 0 aliphatic carbocycles. The summed E-state index contributed by atoms with van der Waals surface area (Å²) in [6.45, 7) is 9.09. The fourth-order valence-corrected chi connectivity index (χ4v) is 8.34. The van der Waals surface area contributed by atoms with Crippen molar-refractivity contribution < 1.29 is 96.4 Å². The van der Waals surface area contributed by atoms with Crippen molar-refractivity contribution in [2.24, 2.45) is 0 Å². The van der Waals surface area contributed by atoms with Crippen LogP contribution in [0.15, 0.2) is 0 Å². The van der Waals surface area contributed by atoms with E-state index in [2.05, 4.69) is 21.3 Å². The summed E-state index contributed by atoms with van der Waals surface area (Å²) < 4.78 is 44.2. The first-order valence-corrected chi connectivity index (χ1v) is 23.2. The molecular formula is C24H56N8O12P4Zn2. The van der Waals surface area contributed by atoms with Gasteiger partial charge >= 0.3 is 39.0 Å². The summed E-state index contributed by atoms with van der Waals surface area (Å²) in [5, 5.41) is 12.7. The molecule has 0 amide bonds. The Labute approximate surface area is 321 Å². The molecule has 2 aliphatic rings. The zero-order valence-corrected chi connectivity index (χ0v) is 38.5. The van der Waals surface area contributed by atoms with E-state index >= 15 is 0 Å². The van der Waals surface area contributed by atoms with E-state index in [1.54, 1.807) is 19.6 Å². The first kappa shape index (κ1) is 53.6. The zero-order valence-electron chi connectivity index (χ0n) is 29.0. The molecule has 2 saturated heterocycles. The summed E-state index contributed by atoms with van der Waals surface area (Å²) in [5.41, 5.74) is 0. The maximum Gasteiger partial charge on any atom is 2.00 e. The van der Waals surface area contributed by atoms with Crippen LogP contribution in [0.2, 0.25) is 0 Å². The molecule has 8 N–H and O–H groups in total. The van der Waals surface area contributed by atoms with Gasteiger partial charge < -0.3 is 78.7 Å². The third-order valence-electron chi connectivity index (χ3n) is 7.25. The van der Waals surface area contributed by atoms with Crippen LogP contribution in [-0.4, -0.2) is 169 Å². The summed E-state index contributed by atoms with van der Waals surface area (Å²) in [6.07, 6.45) is 1.44. The van der Waals surface area contributed by atoms with Gasteiger partial charge in [-0.2, -0.15) is 0 Å². The number of nitrogens with one attached hydrogen (secondary N) is 4. The van der Waals surface area contributed by atoms with Crippen molar-refractivity contribution in [3.63, 3.8) is 0 Å². The van der Waals surface area contributed by atoms with E-state index in [0.29, 0.717) is 130 Å². The Morgan fingerprint density at radius 3 is 0.720 bits per heavy atom. The molecule has 2 heterocycles. The van der Waals surface area contributed by atoms with Crippen LogP contribution in [-0.2, 0) is 57.2 Å². The van der Waals surface area contributed by atoms with Crippen molar-refractivity contribution in [1.29, 1.82) is 0 Å². The Morgan fingerprint density at radius 2 is 0.560 bits per heavy atom. The maximum atomic E-state index is 11.1. The summed E-state index contributed by atoms with van der Waals surface area (Å²) in [4.78, 5) is 87.0. The van der Waals surface area contributed by atoms with Gasteiger partial charge in [-0.05, 0) is 78.0 Å². The molecule has 26 heteroatoms. The van der Waals surface area contributed by atoms with E-state index in [-0.39, 0.29) is 64.1 Å². The normalized spacial score (nSPS) is 25.1. The van der Waals surface area contributed by atoms with Gasteiger partial charge in [0.05, 0.1) is 25.1 Å². The first-order chi connectivity index (χ1) is 22.3. The van der Waals surface area contributed by atoms with E-state index in [1.807, 2.05) is 0 Å². The van der Waals surface area contributed by atoms with Crippen molar-refractivity contribution in [2.75, 3.05) is 130 Å². The molecule has 4 atom stereocenters. The molecular weight excluding hydrogens is 847 g/mol. The van der Waals surface area contributed by atoms with Crippen LogP contribution in [0.25, 0.3) is 0 Å². The molecule has 0 aromatic carbocycles. The summed E-state index contributed by atoms with van der Waals surface area (Å²) >= 11 is 0. The first-order valence-electron chi connectivity index (χ1n) is 16.1. The Hall–Kier alpha value is 1.53. The fourth-order valence-electron chi connectivity index (χ4n) is 5.18. The van der Waals surface area contributed by atoms with Gasteiger partial charge in [0, 0.05) is 52.4 Å².